The molecule has 1 atom stereocenters. The van der Waals surface area contributed by atoms with Crippen molar-refractivity contribution in [3.63, 3.8) is 0 Å². The van der Waals surface area contributed by atoms with Crippen molar-refractivity contribution >= 4 is 11.8 Å². The van der Waals surface area contributed by atoms with Gasteiger partial charge in [-0.3, -0.25) is 9.59 Å². The maximum Gasteiger partial charge on any atom is 0.238 e. The van der Waals surface area contributed by atoms with E-state index in [4.69, 9.17) is 4.42 Å². The van der Waals surface area contributed by atoms with E-state index >= 15 is 0 Å². The summed E-state index contributed by atoms with van der Waals surface area (Å²) in [5.41, 5.74) is 0. The first-order valence-corrected chi connectivity index (χ1v) is 12.1. The van der Waals surface area contributed by atoms with E-state index < -0.39 is 0 Å². The van der Waals surface area contributed by atoms with Crippen molar-refractivity contribution in [1.82, 2.24) is 20.0 Å². The fraction of sp³-hybridized carbons (Fsp3) is 0.826. The van der Waals surface area contributed by atoms with Crippen molar-refractivity contribution in [2.75, 3.05) is 19.6 Å². The van der Waals surface area contributed by atoms with Gasteiger partial charge in [-0.05, 0) is 44.4 Å². The molecule has 166 valence electrons. The summed E-state index contributed by atoms with van der Waals surface area (Å²) >= 11 is 0. The maximum atomic E-state index is 13.0. The Bertz CT molecular complexity index is 720. The van der Waals surface area contributed by atoms with Crippen LogP contribution in [0.2, 0.25) is 0 Å². The van der Waals surface area contributed by atoms with Crippen LogP contribution in [0.15, 0.2) is 4.42 Å². The van der Waals surface area contributed by atoms with E-state index in [1.54, 1.807) is 0 Å². The number of nitrogens with zero attached hydrogens (tertiary/aromatic N) is 4. The number of piperidine rings is 2. The van der Waals surface area contributed by atoms with Gasteiger partial charge in [0.1, 0.15) is 6.04 Å². The molecule has 0 bridgehead atoms. The molecule has 0 spiro atoms. The van der Waals surface area contributed by atoms with Gasteiger partial charge in [-0.1, -0.05) is 32.6 Å². The molecule has 7 nitrogen and oxygen atoms in total. The van der Waals surface area contributed by atoms with E-state index in [1.165, 1.54) is 25.7 Å². The van der Waals surface area contributed by atoms with Gasteiger partial charge in [0.05, 0.1) is 0 Å². The number of carbonyl (C=O) groups is 2. The highest BCUT2D eigenvalue weighted by Gasteiger charge is 2.34. The van der Waals surface area contributed by atoms with Gasteiger partial charge in [0.25, 0.3) is 0 Å². The summed E-state index contributed by atoms with van der Waals surface area (Å²) in [7, 11) is 0. The van der Waals surface area contributed by atoms with Crippen LogP contribution in [0.25, 0.3) is 0 Å². The molecule has 0 radical (unpaired) electrons. The molecular formula is C23H36N4O3. The molecule has 1 aliphatic carbocycles. The van der Waals surface area contributed by atoms with Gasteiger partial charge in [0.15, 0.2) is 0 Å². The average molecular weight is 417 g/mol. The zero-order chi connectivity index (χ0) is 20.9. The van der Waals surface area contributed by atoms with E-state index in [-0.39, 0.29) is 23.8 Å². The number of hydrogen-bond acceptors (Lipinski definition) is 5. The van der Waals surface area contributed by atoms with Crippen LogP contribution < -0.4 is 0 Å². The van der Waals surface area contributed by atoms with Crippen molar-refractivity contribution < 1.29 is 14.0 Å². The van der Waals surface area contributed by atoms with Crippen LogP contribution in [-0.2, 0) is 9.59 Å². The van der Waals surface area contributed by atoms with Crippen LogP contribution in [0.3, 0.4) is 0 Å². The number of amides is 2. The lowest BCUT2D eigenvalue weighted by Crippen LogP contribution is -2.38. The van der Waals surface area contributed by atoms with Crippen molar-refractivity contribution in [1.29, 1.82) is 0 Å². The van der Waals surface area contributed by atoms with Crippen LogP contribution >= 0.6 is 0 Å². The first kappa shape index (κ1) is 21.3. The lowest BCUT2D eigenvalue weighted by molar-refractivity contribution is -0.136. The molecule has 0 unspecified atom stereocenters. The Balaban J connectivity index is 1.36. The molecule has 2 saturated heterocycles. The Hall–Kier alpha value is -1.92. The molecule has 3 aliphatic rings. The first-order chi connectivity index (χ1) is 14.7. The van der Waals surface area contributed by atoms with Crippen LogP contribution in [-0.4, -0.2) is 51.4 Å². The average Bonchev–Trinajstić information content (AvgIpc) is 3.49. The predicted octanol–water partition coefficient (Wildman–Crippen LogP) is 4.21. The van der Waals surface area contributed by atoms with E-state index in [2.05, 4.69) is 10.2 Å². The first-order valence-electron chi connectivity index (χ1n) is 12.1. The third-order valence-electron chi connectivity index (χ3n) is 7.31. The van der Waals surface area contributed by atoms with Crippen molar-refractivity contribution in [3.8, 4) is 0 Å². The SMILES string of the molecule is CCC(=O)N1CCC(c2nnc([C@H]3CCCCN3C(=O)CCC3CCCC3)o2)CC1. The Morgan fingerprint density at radius 2 is 1.60 bits per heavy atom. The minimum Gasteiger partial charge on any atom is -0.423 e. The van der Waals surface area contributed by atoms with Gasteiger partial charge in [-0.15, -0.1) is 10.2 Å². The molecule has 3 heterocycles. The summed E-state index contributed by atoms with van der Waals surface area (Å²) in [5, 5.41) is 8.71. The molecule has 0 aromatic carbocycles. The Morgan fingerprint density at radius 1 is 0.900 bits per heavy atom. The van der Waals surface area contributed by atoms with Crippen molar-refractivity contribution in [2.45, 2.75) is 95.9 Å². The topological polar surface area (TPSA) is 79.5 Å². The molecule has 4 rings (SSSR count). The smallest absolute Gasteiger partial charge is 0.238 e. The summed E-state index contributed by atoms with van der Waals surface area (Å²) in [6, 6.07) is -0.0714. The minimum atomic E-state index is -0.0714. The van der Waals surface area contributed by atoms with E-state index in [1.807, 2.05) is 16.7 Å². The second-order valence-electron chi connectivity index (χ2n) is 9.28. The zero-order valence-corrected chi connectivity index (χ0v) is 18.4. The third-order valence-corrected chi connectivity index (χ3v) is 7.31. The molecule has 1 aromatic heterocycles. The van der Waals surface area contributed by atoms with E-state index in [0.29, 0.717) is 24.6 Å². The van der Waals surface area contributed by atoms with E-state index in [0.717, 1.165) is 64.1 Å². The van der Waals surface area contributed by atoms with Crippen LogP contribution in [0.5, 0.6) is 0 Å². The molecule has 7 heteroatoms. The van der Waals surface area contributed by atoms with Crippen LogP contribution in [0.1, 0.15) is 108 Å². The summed E-state index contributed by atoms with van der Waals surface area (Å²) in [5.74, 6) is 2.69. The van der Waals surface area contributed by atoms with Crippen LogP contribution in [0.4, 0.5) is 0 Å². The predicted molar refractivity (Wildman–Crippen MR) is 113 cm³/mol. The quantitative estimate of drug-likeness (QED) is 0.694. The highest BCUT2D eigenvalue weighted by Crippen LogP contribution is 2.35. The summed E-state index contributed by atoms with van der Waals surface area (Å²) < 4.78 is 6.12. The summed E-state index contributed by atoms with van der Waals surface area (Å²) in [6.45, 7) is 4.21. The van der Waals surface area contributed by atoms with Crippen molar-refractivity contribution in [2.24, 2.45) is 5.92 Å². The molecule has 1 saturated carbocycles. The summed E-state index contributed by atoms with van der Waals surface area (Å²) in [6.07, 6.45) is 12.2. The highest BCUT2D eigenvalue weighted by molar-refractivity contribution is 5.76. The fourth-order valence-corrected chi connectivity index (χ4v) is 5.40. The lowest BCUT2D eigenvalue weighted by Gasteiger charge is -2.34. The Morgan fingerprint density at radius 3 is 2.33 bits per heavy atom. The number of rotatable bonds is 6. The molecule has 30 heavy (non-hydrogen) atoms. The molecule has 3 fully saturated rings. The Kier molecular flexibility index (Phi) is 7.05. The molecular weight excluding hydrogens is 380 g/mol. The monoisotopic (exact) mass is 416 g/mol. The molecule has 2 amide bonds. The van der Waals surface area contributed by atoms with Gasteiger partial charge in [0.2, 0.25) is 23.6 Å². The second-order valence-corrected chi connectivity index (χ2v) is 9.28. The number of aromatic nitrogens is 2. The minimum absolute atomic E-state index is 0.0714. The maximum absolute atomic E-state index is 13.0. The normalized spacial score (nSPS) is 23.8. The number of carbonyl (C=O) groups excluding carboxylic acids is 2. The van der Waals surface area contributed by atoms with Crippen LogP contribution in [0, 0.1) is 5.92 Å². The lowest BCUT2D eigenvalue weighted by atomic mass is 9.96. The number of likely N-dealkylation sites (tertiary alicyclic amines) is 2. The van der Waals surface area contributed by atoms with Gasteiger partial charge in [-0.2, -0.15) is 0 Å². The van der Waals surface area contributed by atoms with Gasteiger partial charge in [-0.25, -0.2) is 0 Å². The van der Waals surface area contributed by atoms with Crippen molar-refractivity contribution in [3.05, 3.63) is 11.8 Å². The standard InChI is InChI=1S/C23H36N4O3/c1-2-20(28)26-15-12-18(13-16-26)22-24-25-23(30-22)19-9-5-6-14-27(19)21(29)11-10-17-7-3-4-8-17/h17-19H,2-16H2,1H3/t19-/m1/s1. The molecule has 0 N–H and O–H groups in total. The molecule has 2 aliphatic heterocycles. The zero-order valence-electron chi connectivity index (χ0n) is 18.4. The summed E-state index contributed by atoms with van der Waals surface area (Å²) in [4.78, 5) is 28.8. The Labute approximate surface area is 179 Å². The van der Waals surface area contributed by atoms with Gasteiger partial charge < -0.3 is 14.2 Å². The fourth-order valence-electron chi connectivity index (χ4n) is 5.40. The van der Waals surface area contributed by atoms with Gasteiger partial charge in [0, 0.05) is 38.4 Å². The van der Waals surface area contributed by atoms with E-state index in [9.17, 15) is 9.59 Å². The van der Waals surface area contributed by atoms with Gasteiger partial charge >= 0.3 is 0 Å². The number of hydrogen-bond donors (Lipinski definition) is 0. The highest BCUT2D eigenvalue weighted by atomic mass is 16.4. The third kappa shape index (κ3) is 4.86. The molecule has 1 aromatic rings. The second kappa shape index (κ2) is 9.92. The largest absolute Gasteiger partial charge is 0.423 e.